The fraction of sp³-hybridized carbons (Fsp3) is 0. The SMILES string of the molecule is O=Nc1cc(F)c(S)cc1C(=O)Nc1ccc(Br)cn1. The molecule has 1 aromatic heterocycles. The molecule has 0 fully saturated rings. The monoisotopic (exact) mass is 355 g/mol. The van der Waals surface area contributed by atoms with Crippen LogP contribution in [0.4, 0.5) is 15.9 Å². The summed E-state index contributed by atoms with van der Waals surface area (Å²) >= 11 is 7.08. The Morgan fingerprint density at radius 3 is 2.75 bits per heavy atom. The van der Waals surface area contributed by atoms with Crippen molar-refractivity contribution < 1.29 is 9.18 Å². The molecule has 0 atom stereocenters. The van der Waals surface area contributed by atoms with E-state index in [1.165, 1.54) is 6.20 Å². The molecule has 1 N–H and O–H groups in total. The molecule has 1 aromatic carbocycles. The quantitative estimate of drug-likeness (QED) is 0.647. The number of amides is 1. The van der Waals surface area contributed by atoms with E-state index in [-0.39, 0.29) is 16.1 Å². The zero-order valence-corrected chi connectivity index (χ0v) is 12.3. The summed E-state index contributed by atoms with van der Waals surface area (Å²) in [5.74, 6) is -1.05. The molecule has 0 aliphatic carbocycles. The molecule has 0 unspecified atom stereocenters. The summed E-state index contributed by atoms with van der Waals surface area (Å²) in [5.41, 5.74) is -0.369. The molecule has 2 aromatic rings. The lowest BCUT2D eigenvalue weighted by Crippen LogP contribution is -2.13. The number of nitrogens with one attached hydrogen (secondary N) is 1. The van der Waals surface area contributed by atoms with Gasteiger partial charge in [0.2, 0.25) is 0 Å². The fourth-order valence-corrected chi connectivity index (χ4v) is 1.87. The van der Waals surface area contributed by atoms with Crippen molar-refractivity contribution in [1.29, 1.82) is 0 Å². The van der Waals surface area contributed by atoms with Gasteiger partial charge in [0.15, 0.2) is 0 Å². The second-order valence-corrected chi connectivity index (χ2v) is 5.13. The third-order valence-electron chi connectivity index (χ3n) is 2.38. The fourth-order valence-electron chi connectivity index (χ4n) is 1.44. The number of benzene rings is 1. The highest BCUT2D eigenvalue weighted by molar-refractivity contribution is 9.10. The van der Waals surface area contributed by atoms with Gasteiger partial charge < -0.3 is 5.32 Å². The Morgan fingerprint density at radius 1 is 1.40 bits per heavy atom. The van der Waals surface area contributed by atoms with Gasteiger partial charge in [-0.25, -0.2) is 9.37 Å². The maximum atomic E-state index is 13.3. The van der Waals surface area contributed by atoms with Crippen LogP contribution < -0.4 is 5.32 Å². The van der Waals surface area contributed by atoms with E-state index in [0.29, 0.717) is 5.82 Å². The second-order valence-electron chi connectivity index (χ2n) is 3.73. The first-order valence-electron chi connectivity index (χ1n) is 5.30. The van der Waals surface area contributed by atoms with Crippen molar-refractivity contribution >= 4 is 46.0 Å². The normalized spacial score (nSPS) is 10.2. The standard InChI is InChI=1S/C12H7BrFN3O2S/c13-6-1-2-11(15-5-6)16-12(18)7-3-10(20)8(14)4-9(7)17-19/h1-5,20H,(H,15,16,18). The second kappa shape index (κ2) is 6.10. The summed E-state index contributed by atoms with van der Waals surface area (Å²) in [4.78, 5) is 26.6. The van der Waals surface area contributed by atoms with Crippen LogP contribution in [0.3, 0.4) is 0 Å². The third kappa shape index (κ3) is 3.20. The highest BCUT2D eigenvalue weighted by Gasteiger charge is 2.16. The van der Waals surface area contributed by atoms with Crippen LogP contribution in [0, 0.1) is 10.7 Å². The molecule has 20 heavy (non-hydrogen) atoms. The minimum Gasteiger partial charge on any atom is -0.306 e. The van der Waals surface area contributed by atoms with Crippen molar-refractivity contribution in [3.8, 4) is 0 Å². The number of halogens is 2. The van der Waals surface area contributed by atoms with Crippen molar-refractivity contribution in [2.45, 2.75) is 4.90 Å². The van der Waals surface area contributed by atoms with Crippen LogP contribution in [-0.2, 0) is 0 Å². The molecule has 1 heterocycles. The Labute approximate surface area is 127 Å². The van der Waals surface area contributed by atoms with Crippen LogP contribution >= 0.6 is 28.6 Å². The highest BCUT2D eigenvalue weighted by atomic mass is 79.9. The van der Waals surface area contributed by atoms with Gasteiger partial charge in [-0.2, -0.15) is 0 Å². The van der Waals surface area contributed by atoms with Gasteiger partial charge in [-0.05, 0) is 39.3 Å². The van der Waals surface area contributed by atoms with Gasteiger partial charge in [-0.3, -0.25) is 4.79 Å². The van der Waals surface area contributed by atoms with E-state index in [2.05, 4.69) is 44.0 Å². The van der Waals surface area contributed by atoms with Crippen molar-refractivity contribution in [1.82, 2.24) is 4.98 Å². The maximum absolute atomic E-state index is 13.3. The van der Waals surface area contributed by atoms with Crippen LogP contribution in [0.1, 0.15) is 10.4 Å². The van der Waals surface area contributed by atoms with Crippen molar-refractivity contribution in [2.24, 2.45) is 5.18 Å². The van der Waals surface area contributed by atoms with E-state index in [4.69, 9.17) is 0 Å². The van der Waals surface area contributed by atoms with Crippen LogP contribution in [-0.4, -0.2) is 10.9 Å². The number of anilines is 1. The summed E-state index contributed by atoms with van der Waals surface area (Å²) in [6, 6.07) is 5.26. The molecule has 0 saturated heterocycles. The van der Waals surface area contributed by atoms with Gasteiger partial charge in [0.25, 0.3) is 5.91 Å². The number of nitroso groups, excluding NO2 is 1. The number of rotatable bonds is 3. The number of carbonyl (C=O) groups excluding carboxylic acids is 1. The summed E-state index contributed by atoms with van der Waals surface area (Å²) in [5, 5.41) is 5.12. The highest BCUT2D eigenvalue weighted by Crippen LogP contribution is 2.26. The van der Waals surface area contributed by atoms with Gasteiger partial charge in [-0.1, -0.05) is 0 Å². The zero-order chi connectivity index (χ0) is 14.7. The Bertz CT molecular complexity index is 679. The predicted octanol–water partition coefficient (Wildman–Crippen LogP) is 3.92. The molecule has 0 radical (unpaired) electrons. The molecule has 1 amide bonds. The van der Waals surface area contributed by atoms with Crippen molar-refractivity contribution in [3.05, 3.63) is 51.2 Å². The molecule has 0 aliphatic rings. The molecular formula is C12H7BrFN3O2S. The molecule has 102 valence electrons. The van der Waals surface area contributed by atoms with Gasteiger partial charge in [0.1, 0.15) is 17.3 Å². The number of carbonyl (C=O) groups is 1. The van der Waals surface area contributed by atoms with Crippen LogP contribution in [0.25, 0.3) is 0 Å². The lowest BCUT2D eigenvalue weighted by Gasteiger charge is -2.07. The van der Waals surface area contributed by atoms with Crippen LogP contribution in [0.15, 0.2) is 45.0 Å². The molecule has 0 saturated carbocycles. The van der Waals surface area contributed by atoms with Gasteiger partial charge in [-0.15, -0.1) is 17.5 Å². The molecule has 2 rings (SSSR count). The largest absolute Gasteiger partial charge is 0.306 e. The molecule has 0 bridgehead atoms. The van der Waals surface area contributed by atoms with E-state index in [0.717, 1.165) is 16.6 Å². The summed E-state index contributed by atoms with van der Waals surface area (Å²) in [7, 11) is 0. The van der Waals surface area contributed by atoms with Gasteiger partial charge >= 0.3 is 0 Å². The molecule has 5 nitrogen and oxygen atoms in total. The lowest BCUT2D eigenvalue weighted by molar-refractivity contribution is 0.102. The van der Waals surface area contributed by atoms with Gasteiger partial charge in [0.05, 0.1) is 5.56 Å². The van der Waals surface area contributed by atoms with Gasteiger partial charge in [0, 0.05) is 21.6 Å². The number of pyridine rings is 1. The van der Waals surface area contributed by atoms with E-state index in [9.17, 15) is 14.1 Å². The first kappa shape index (κ1) is 14.6. The number of hydrogen-bond donors (Lipinski definition) is 2. The molecule has 0 aliphatic heterocycles. The minimum atomic E-state index is -0.721. The molecule has 8 heteroatoms. The van der Waals surface area contributed by atoms with E-state index >= 15 is 0 Å². The Morgan fingerprint density at radius 2 is 2.15 bits per heavy atom. The number of nitrogens with zero attached hydrogens (tertiary/aromatic N) is 2. The predicted molar refractivity (Wildman–Crippen MR) is 79.0 cm³/mol. The maximum Gasteiger partial charge on any atom is 0.259 e. The molecule has 0 spiro atoms. The Balaban J connectivity index is 2.31. The average molecular weight is 356 g/mol. The summed E-state index contributed by atoms with van der Waals surface area (Å²) in [6.07, 6.45) is 1.50. The molecular weight excluding hydrogens is 349 g/mol. The zero-order valence-electron chi connectivity index (χ0n) is 9.80. The van der Waals surface area contributed by atoms with Crippen LogP contribution in [0.2, 0.25) is 0 Å². The number of aromatic nitrogens is 1. The Kier molecular flexibility index (Phi) is 4.46. The topological polar surface area (TPSA) is 71.4 Å². The first-order valence-corrected chi connectivity index (χ1v) is 6.54. The summed E-state index contributed by atoms with van der Waals surface area (Å²) in [6.45, 7) is 0. The smallest absolute Gasteiger partial charge is 0.259 e. The number of hydrogen-bond acceptors (Lipinski definition) is 5. The third-order valence-corrected chi connectivity index (χ3v) is 3.19. The van der Waals surface area contributed by atoms with E-state index in [1.807, 2.05) is 0 Å². The minimum absolute atomic E-state index is 0.0497. The van der Waals surface area contributed by atoms with E-state index < -0.39 is 11.7 Å². The number of thiol groups is 1. The first-order chi connectivity index (χ1) is 9.51. The van der Waals surface area contributed by atoms with Crippen LogP contribution in [0.5, 0.6) is 0 Å². The van der Waals surface area contributed by atoms with Crippen molar-refractivity contribution in [3.63, 3.8) is 0 Å². The average Bonchev–Trinajstić information content (AvgIpc) is 2.43. The summed E-state index contributed by atoms with van der Waals surface area (Å²) < 4.78 is 14.0. The Hall–Kier alpha value is -1.80. The van der Waals surface area contributed by atoms with Crippen molar-refractivity contribution in [2.75, 3.05) is 5.32 Å². The lowest BCUT2D eigenvalue weighted by atomic mass is 10.1. The van der Waals surface area contributed by atoms with E-state index in [1.54, 1.807) is 12.1 Å².